The number of carbonyl (C=O) groups is 1. The Balaban J connectivity index is 2.12. The first-order chi connectivity index (χ1) is 7.16. The van der Waals surface area contributed by atoms with E-state index in [1.54, 1.807) is 0 Å². The lowest BCUT2D eigenvalue weighted by atomic mass is 9.96. The molecule has 0 aliphatic heterocycles. The van der Waals surface area contributed by atoms with Gasteiger partial charge in [-0.1, -0.05) is 0 Å². The first-order valence-electron chi connectivity index (χ1n) is 4.96. The fourth-order valence-corrected chi connectivity index (χ4v) is 1.42. The molecule has 1 aliphatic rings. The molecule has 4 nitrogen and oxygen atoms in total. The summed E-state index contributed by atoms with van der Waals surface area (Å²) in [6.07, 6.45) is 2.97. The fraction of sp³-hybridized carbons (Fsp3) is 0.364. The van der Waals surface area contributed by atoms with E-state index in [1.165, 1.54) is 18.2 Å². The lowest BCUT2D eigenvalue weighted by molar-refractivity contribution is 0.00909. The van der Waals surface area contributed by atoms with E-state index in [0.29, 0.717) is 5.69 Å². The zero-order valence-electron chi connectivity index (χ0n) is 8.27. The van der Waals surface area contributed by atoms with Gasteiger partial charge < -0.3 is 15.6 Å². The van der Waals surface area contributed by atoms with E-state index in [1.807, 2.05) is 0 Å². The highest BCUT2D eigenvalue weighted by atomic mass is 16.5. The number of anilines is 1. The lowest BCUT2D eigenvalue weighted by Gasteiger charge is -2.25. The quantitative estimate of drug-likeness (QED) is 0.439. The van der Waals surface area contributed by atoms with Crippen LogP contribution in [0, 0.1) is 0 Å². The van der Waals surface area contributed by atoms with Crippen molar-refractivity contribution >= 4 is 11.7 Å². The number of ether oxygens (including phenoxy) is 1. The summed E-state index contributed by atoms with van der Waals surface area (Å²) >= 11 is 0. The van der Waals surface area contributed by atoms with Crippen LogP contribution in [-0.2, 0) is 4.74 Å². The zero-order valence-corrected chi connectivity index (χ0v) is 8.27. The Morgan fingerprint density at radius 3 is 2.80 bits per heavy atom. The van der Waals surface area contributed by atoms with Crippen LogP contribution in [0.3, 0.4) is 0 Å². The van der Waals surface area contributed by atoms with E-state index in [4.69, 9.17) is 10.5 Å². The number of carbonyl (C=O) groups excluding carboxylic acids is 1. The zero-order chi connectivity index (χ0) is 10.8. The van der Waals surface area contributed by atoms with Gasteiger partial charge in [0.25, 0.3) is 0 Å². The standard InChI is InChI=1S/C11H13NO3/c12-10-5-4-7(13)6-9(10)11(14)15-8-2-1-3-8/h4-6,8,13H,1-3,12H2. The van der Waals surface area contributed by atoms with E-state index in [2.05, 4.69) is 0 Å². The van der Waals surface area contributed by atoms with Gasteiger partial charge in [0.15, 0.2) is 0 Å². The van der Waals surface area contributed by atoms with E-state index in [-0.39, 0.29) is 17.4 Å². The number of phenols is 1. The van der Waals surface area contributed by atoms with Crippen molar-refractivity contribution in [2.45, 2.75) is 25.4 Å². The van der Waals surface area contributed by atoms with E-state index < -0.39 is 5.97 Å². The molecule has 1 aromatic rings. The monoisotopic (exact) mass is 207 g/mol. The van der Waals surface area contributed by atoms with Gasteiger partial charge in [-0.25, -0.2) is 4.79 Å². The number of nitrogens with two attached hydrogens (primary N) is 1. The molecule has 0 aromatic heterocycles. The first kappa shape index (κ1) is 9.83. The summed E-state index contributed by atoms with van der Waals surface area (Å²) in [6, 6.07) is 4.26. The van der Waals surface area contributed by atoms with Gasteiger partial charge in [-0.05, 0) is 37.5 Å². The molecule has 80 valence electrons. The maximum atomic E-state index is 11.6. The molecular formula is C11H13NO3. The molecule has 0 atom stereocenters. The second-order valence-electron chi connectivity index (χ2n) is 3.73. The molecular weight excluding hydrogens is 194 g/mol. The Hall–Kier alpha value is -1.71. The minimum Gasteiger partial charge on any atom is -0.508 e. The summed E-state index contributed by atoms with van der Waals surface area (Å²) in [4.78, 5) is 11.6. The van der Waals surface area contributed by atoms with Gasteiger partial charge in [0.05, 0.1) is 5.56 Å². The Bertz CT molecular complexity index is 385. The Morgan fingerprint density at radius 2 is 2.20 bits per heavy atom. The van der Waals surface area contributed by atoms with Crippen LogP contribution in [0.2, 0.25) is 0 Å². The molecule has 0 spiro atoms. The number of benzene rings is 1. The summed E-state index contributed by atoms with van der Waals surface area (Å²) in [5.74, 6) is -0.433. The second kappa shape index (κ2) is 3.81. The molecule has 0 unspecified atom stereocenters. The van der Waals surface area contributed by atoms with Crippen molar-refractivity contribution in [2.24, 2.45) is 0 Å². The highest BCUT2D eigenvalue weighted by Gasteiger charge is 2.23. The molecule has 4 heteroatoms. The molecule has 1 aromatic carbocycles. The number of hydrogen-bond donors (Lipinski definition) is 2. The lowest BCUT2D eigenvalue weighted by Crippen LogP contribution is -2.25. The molecule has 1 aliphatic carbocycles. The molecule has 0 amide bonds. The van der Waals surface area contributed by atoms with Crippen LogP contribution >= 0.6 is 0 Å². The van der Waals surface area contributed by atoms with Crippen molar-refractivity contribution in [1.82, 2.24) is 0 Å². The van der Waals surface area contributed by atoms with Crippen LogP contribution in [0.5, 0.6) is 5.75 Å². The van der Waals surface area contributed by atoms with Crippen molar-refractivity contribution in [3.63, 3.8) is 0 Å². The number of esters is 1. The third-order valence-corrected chi connectivity index (χ3v) is 2.58. The van der Waals surface area contributed by atoms with Crippen molar-refractivity contribution in [2.75, 3.05) is 5.73 Å². The highest BCUT2D eigenvalue weighted by Crippen LogP contribution is 2.25. The summed E-state index contributed by atoms with van der Waals surface area (Å²) < 4.78 is 5.18. The smallest absolute Gasteiger partial charge is 0.340 e. The number of hydrogen-bond acceptors (Lipinski definition) is 4. The number of phenolic OH excluding ortho intramolecular Hbond substituents is 1. The van der Waals surface area contributed by atoms with Gasteiger partial charge in [-0.3, -0.25) is 0 Å². The predicted octanol–water partition coefficient (Wildman–Crippen LogP) is 1.68. The Morgan fingerprint density at radius 1 is 1.47 bits per heavy atom. The minimum atomic E-state index is -0.451. The van der Waals surface area contributed by atoms with Crippen LogP contribution in [0.15, 0.2) is 18.2 Å². The molecule has 3 N–H and O–H groups in total. The average molecular weight is 207 g/mol. The second-order valence-corrected chi connectivity index (χ2v) is 3.73. The number of aromatic hydroxyl groups is 1. The largest absolute Gasteiger partial charge is 0.508 e. The van der Waals surface area contributed by atoms with Crippen molar-refractivity contribution in [3.8, 4) is 5.75 Å². The maximum Gasteiger partial charge on any atom is 0.340 e. The normalized spacial score (nSPS) is 15.7. The van der Waals surface area contributed by atoms with Gasteiger partial charge in [0.1, 0.15) is 11.9 Å². The molecule has 15 heavy (non-hydrogen) atoms. The molecule has 0 bridgehead atoms. The summed E-state index contributed by atoms with van der Waals surface area (Å²) in [7, 11) is 0. The van der Waals surface area contributed by atoms with Crippen molar-refractivity contribution < 1.29 is 14.6 Å². The number of rotatable bonds is 2. The van der Waals surface area contributed by atoms with E-state index in [9.17, 15) is 9.90 Å². The van der Waals surface area contributed by atoms with Crippen molar-refractivity contribution in [3.05, 3.63) is 23.8 Å². The molecule has 1 fully saturated rings. The molecule has 0 radical (unpaired) electrons. The third-order valence-electron chi connectivity index (χ3n) is 2.58. The summed E-state index contributed by atoms with van der Waals surface area (Å²) in [5, 5.41) is 9.23. The van der Waals surface area contributed by atoms with Gasteiger partial charge in [-0.2, -0.15) is 0 Å². The van der Waals surface area contributed by atoms with E-state index >= 15 is 0 Å². The summed E-state index contributed by atoms with van der Waals surface area (Å²) in [5.41, 5.74) is 6.18. The maximum absolute atomic E-state index is 11.6. The van der Waals surface area contributed by atoms with Gasteiger partial charge in [0, 0.05) is 5.69 Å². The predicted molar refractivity (Wildman–Crippen MR) is 55.6 cm³/mol. The Labute approximate surface area is 87.7 Å². The minimum absolute atomic E-state index is 0.0183. The van der Waals surface area contributed by atoms with Gasteiger partial charge in [-0.15, -0.1) is 0 Å². The third kappa shape index (κ3) is 2.03. The molecule has 0 saturated heterocycles. The Kier molecular flexibility index (Phi) is 2.49. The van der Waals surface area contributed by atoms with Crippen LogP contribution in [0.1, 0.15) is 29.6 Å². The van der Waals surface area contributed by atoms with Crippen LogP contribution in [0.25, 0.3) is 0 Å². The summed E-state index contributed by atoms with van der Waals surface area (Å²) in [6.45, 7) is 0. The molecule has 1 saturated carbocycles. The first-order valence-corrected chi connectivity index (χ1v) is 4.96. The van der Waals surface area contributed by atoms with Crippen LogP contribution in [0.4, 0.5) is 5.69 Å². The molecule has 0 heterocycles. The van der Waals surface area contributed by atoms with Gasteiger partial charge in [0.2, 0.25) is 0 Å². The van der Waals surface area contributed by atoms with Gasteiger partial charge >= 0.3 is 5.97 Å². The van der Waals surface area contributed by atoms with Crippen LogP contribution in [-0.4, -0.2) is 17.2 Å². The fourth-order valence-electron chi connectivity index (χ4n) is 1.42. The average Bonchev–Trinajstić information content (AvgIpc) is 2.15. The molecule has 2 rings (SSSR count). The topological polar surface area (TPSA) is 72.5 Å². The number of nitrogen functional groups attached to an aromatic ring is 1. The van der Waals surface area contributed by atoms with E-state index in [0.717, 1.165) is 19.3 Å². The SMILES string of the molecule is Nc1ccc(O)cc1C(=O)OC1CCC1. The van der Waals surface area contributed by atoms with Crippen molar-refractivity contribution in [1.29, 1.82) is 0 Å². The highest BCUT2D eigenvalue weighted by molar-refractivity contribution is 5.95. The van der Waals surface area contributed by atoms with Crippen LogP contribution < -0.4 is 5.73 Å².